The fourth-order valence-corrected chi connectivity index (χ4v) is 1.76. The summed E-state index contributed by atoms with van der Waals surface area (Å²) in [4.78, 5) is 0. The molecule has 1 atom stereocenters. The van der Waals surface area contributed by atoms with Crippen molar-refractivity contribution in [1.29, 1.82) is 0 Å². The molecule has 2 aromatic rings. The summed E-state index contributed by atoms with van der Waals surface area (Å²) in [5, 5.41) is 4.24. The third-order valence-electron chi connectivity index (χ3n) is 2.23. The Morgan fingerprint density at radius 1 is 1.33 bits per heavy atom. The maximum Gasteiger partial charge on any atom is 0.0646 e. The largest absolute Gasteiger partial charge is 0.324 e. The van der Waals surface area contributed by atoms with Crippen LogP contribution >= 0.6 is 22.6 Å². The lowest BCUT2D eigenvalue weighted by Crippen LogP contribution is -2.05. The van der Waals surface area contributed by atoms with Crippen LogP contribution in [0.25, 0.3) is 5.69 Å². The average molecular weight is 313 g/mol. The molecule has 0 aliphatic heterocycles. The maximum atomic E-state index is 5.78. The molecular formula is C11H12IN3. The van der Waals surface area contributed by atoms with Crippen molar-refractivity contribution in [1.82, 2.24) is 9.78 Å². The summed E-state index contributed by atoms with van der Waals surface area (Å²) < 4.78 is 2.98. The fourth-order valence-electron chi connectivity index (χ4n) is 1.37. The molecule has 2 N–H and O–H groups in total. The average Bonchev–Trinajstić information content (AvgIpc) is 2.65. The second kappa shape index (κ2) is 4.32. The summed E-state index contributed by atoms with van der Waals surface area (Å²) in [5.74, 6) is 0. The normalized spacial score (nSPS) is 12.7. The van der Waals surface area contributed by atoms with Crippen LogP contribution in [0, 0.1) is 3.57 Å². The smallest absolute Gasteiger partial charge is 0.0646 e. The van der Waals surface area contributed by atoms with Crippen LogP contribution < -0.4 is 5.73 Å². The summed E-state index contributed by atoms with van der Waals surface area (Å²) in [6.45, 7) is 1.98. The van der Waals surface area contributed by atoms with Gasteiger partial charge in [0.05, 0.1) is 15.5 Å². The third-order valence-corrected chi connectivity index (χ3v) is 2.79. The standard InChI is InChI=1S/C11H12IN3/c1-8(13)9-2-4-11(5-3-9)15-7-10(12)6-14-15/h2-8H,13H2,1H3/t8-/m0/s1. The highest BCUT2D eigenvalue weighted by molar-refractivity contribution is 14.1. The van der Waals surface area contributed by atoms with Crippen LogP contribution in [0.4, 0.5) is 0 Å². The molecule has 0 amide bonds. The maximum absolute atomic E-state index is 5.78. The highest BCUT2D eigenvalue weighted by Crippen LogP contribution is 2.14. The van der Waals surface area contributed by atoms with E-state index in [4.69, 9.17) is 5.73 Å². The number of rotatable bonds is 2. The minimum atomic E-state index is 0.0804. The molecule has 0 aliphatic carbocycles. The summed E-state index contributed by atoms with van der Waals surface area (Å²) in [6, 6.07) is 8.21. The molecule has 2 rings (SSSR count). The van der Waals surface area contributed by atoms with Gasteiger partial charge < -0.3 is 5.73 Å². The lowest BCUT2D eigenvalue weighted by Gasteiger charge is -2.06. The Labute approximate surface area is 102 Å². The number of benzene rings is 1. The third kappa shape index (κ3) is 2.38. The van der Waals surface area contributed by atoms with E-state index < -0.39 is 0 Å². The molecule has 0 aliphatic rings. The first kappa shape index (κ1) is 10.6. The summed E-state index contributed by atoms with van der Waals surface area (Å²) in [7, 11) is 0. The van der Waals surface area contributed by atoms with Gasteiger partial charge in [0, 0.05) is 12.2 Å². The van der Waals surface area contributed by atoms with Crippen LogP contribution in [0.2, 0.25) is 0 Å². The van der Waals surface area contributed by atoms with Crippen molar-refractivity contribution in [2.45, 2.75) is 13.0 Å². The van der Waals surface area contributed by atoms with Crippen molar-refractivity contribution in [3.05, 3.63) is 45.8 Å². The topological polar surface area (TPSA) is 43.8 Å². The molecule has 78 valence electrons. The zero-order chi connectivity index (χ0) is 10.8. The Morgan fingerprint density at radius 2 is 2.00 bits per heavy atom. The van der Waals surface area contributed by atoms with E-state index >= 15 is 0 Å². The molecule has 1 aromatic heterocycles. The monoisotopic (exact) mass is 313 g/mol. The van der Waals surface area contributed by atoms with Gasteiger partial charge >= 0.3 is 0 Å². The first-order valence-electron chi connectivity index (χ1n) is 4.73. The first-order chi connectivity index (χ1) is 7.16. The van der Waals surface area contributed by atoms with E-state index in [1.807, 2.05) is 48.3 Å². The van der Waals surface area contributed by atoms with E-state index in [0.717, 1.165) is 14.8 Å². The lowest BCUT2D eigenvalue weighted by atomic mass is 10.1. The minimum absolute atomic E-state index is 0.0804. The number of hydrogen-bond donors (Lipinski definition) is 1. The molecule has 0 spiro atoms. The van der Waals surface area contributed by atoms with Crippen LogP contribution in [0.15, 0.2) is 36.7 Å². The number of aromatic nitrogens is 2. The Hall–Kier alpha value is -0.880. The molecule has 0 bridgehead atoms. The van der Waals surface area contributed by atoms with E-state index in [9.17, 15) is 0 Å². The first-order valence-corrected chi connectivity index (χ1v) is 5.81. The van der Waals surface area contributed by atoms with Crippen molar-refractivity contribution in [3.8, 4) is 5.69 Å². The Morgan fingerprint density at radius 3 is 2.47 bits per heavy atom. The van der Waals surface area contributed by atoms with Crippen LogP contribution in [0.1, 0.15) is 18.5 Å². The van der Waals surface area contributed by atoms with E-state index in [-0.39, 0.29) is 6.04 Å². The Balaban J connectivity index is 2.31. The number of nitrogens with zero attached hydrogens (tertiary/aromatic N) is 2. The predicted octanol–water partition coefficient (Wildman–Crippen LogP) is 2.50. The molecule has 0 saturated heterocycles. The number of halogens is 1. The van der Waals surface area contributed by atoms with Crippen LogP contribution in [0.3, 0.4) is 0 Å². The quantitative estimate of drug-likeness (QED) is 0.866. The van der Waals surface area contributed by atoms with Gasteiger partial charge in [0.25, 0.3) is 0 Å². The van der Waals surface area contributed by atoms with Crippen molar-refractivity contribution in [2.24, 2.45) is 5.73 Å². The molecule has 0 unspecified atom stereocenters. The van der Waals surface area contributed by atoms with Gasteiger partial charge in [-0.1, -0.05) is 12.1 Å². The molecule has 0 radical (unpaired) electrons. The summed E-state index contributed by atoms with van der Waals surface area (Å²) in [5.41, 5.74) is 7.98. The number of hydrogen-bond acceptors (Lipinski definition) is 2. The highest BCUT2D eigenvalue weighted by atomic mass is 127. The van der Waals surface area contributed by atoms with Gasteiger partial charge in [0.15, 0.2) is 0 Å². The van der Waals surface area contributed by atoms with Crippen LogP contribution in [-0.2, 0) is 0 Å². The van der Waals surface area contributed by atoms with Gasteiger partial charge in [-0.2, -0.15) is 5.10 Å². The molecule has 1 aromatic carbocycles. The molecule has 3 nitrogen and oxygen atoms in total. The van der Waals surface area contributed by atoms with Crippen molar-refractivity contribution >= 4 is 22.6 Å². The van der Waals surface area contributed by atoms with Crippen molar-refractivity contribution in [2.75, 3.05) is 0 Å². The van der Waals surface area contributed by atoms with Crippen molar-refractivity contribution < 1.29 is 0 Å². The zero-order valence-corrected chi connectivity index (χ0v) is 10.5. The molecule has 0 saturated carbocycles. The van der Waals surface area contributed by atoms with Gasteiger partial charge in [-0.25, -0.2) is 4.68 Å². The Kier molecular flexibility index (Phi) is 3.06. The van der Waals surface area contributed by atoms with E-state index in [2.05, 4.69) is 27.7 Å². The van der Waals surface area contributed by atoms with Crippen LogP contribution in [-0.4, -0.2) is 9.78 Å². The van der Waals surface area contributed by atoms with Gasteiger partial charge in [0.1, 0.15) is 0 Å². The Bertz CT molecular complexity index is 445. The van der Waals surface area contributed by atoms with E-state index in [0.29, 0.717) is 0 Å². The van der Waals surface area contributed by atoms with Crippen LogP contribution in [0.5, 0.6) is 0 Å². The molecule has 15 heavy (non-hydrogen) atoms. The van der Waals surface area contributed by atoms with Gasteiger partial charge in [0.2, 0.25) is 0 Å². The molecular weight excluding hydrogens is 301 g/mol. The van der Waals surface area contributed by atoms with Gasteiger partial charge in [-0.05, 0) is 47.2 Å². The van der Waals surface area contributed by atoms with Gasteiger partial charge in [-0.3, -0.25) is 0 Å². The molecule has 4 heteroatoms. The van der Waals surface area contributed by atoms with E-state index in [1.165, 1.54) is 0 Å². The lowest BCUT2D eigenvalue weighted by molar-refractivity contribution is 0.814. The predicted molar refractivity (Wildman–Crippen MR) is 68.9 cm³/mol. The fraction of sp³-hybridized carbons (Fsp3) is 0.182. The summed E-state index contributed by atoms with van der Waals surface area (Å²) in [6.07, 6.45) is 3.82. The number of nitrogens with two attached hydrogens (primary N) is 1. The van der Waals surface area contributed by atoms with Gasteiger partial charge in [-0.15, -0.1) is 0 Å². The highest BCUT2D eigenvalue weighted by Gasteiger charge is 2.01. The second-order valence-electron chi connectivity index (χ2n) is 3.48. The van der Waals surface area contributed by atoms with E-state index in [1.54, 1.807) is 0 Å². The van der Waals surface area contributed by atoms with Crippen molar-refractivity contribution in [3.63, 3.8) is 0 Å². The zero-order valence-electron chi connectivity index (χ0n) is 8.39. The summed E-state index contributed by atoms with van der Waals surface area (Å²) >= 11 is 2.24. The second-order valence-corrected chi connectivity index (χ2v) is 4.73. The molecule has 0 fully saturated rings. The molecule has 1 heterocycles. The minimum Gasteiger partial charge on any atom is -0.324 e. The SMILES string of the molecule is C[C@H](N)c1ccc(-n2cc(I)cn2)cc1.